The molecule has 1 heterocycles. The summed E-state index contributed by atoms with van der Waals surface area (Å²) in [7, 11) is 0. The molecule has 1 saturated heterocycles. The summed E-state index contributed by atoms with van der Waals surface area (Å²) < 4.78 is 6.36. The predicted octanol–water partition coefficient (Wildman–Crippen LogP) is 3.77. The summed E-state index contributed by atoms with van der Waals surface area (Å²) in [5.74, 6) is 0. The van der Waals surface area contributed by atoms with Gasteiger partial charge in [0, 0.05) is 30.7 Å². The van der Waals surface area contributed by atoms with Crippen molar-refractivity contribution in [3.05, 3.63) is 28.2 Å². The fraction of sp³-hybridized carbons (Fsp3) is 0.529. The molecule has 0 aromatic heterocycles. The Labute approximate surface area is 145 Å². The molecule has 0 unspecified atom stereocenters. The number of halogens is 1. The van der Waals surface area contributed by atoms with Gasteiger partial charge in [0.25, 0.3) is 0 Å². The first-order chi connectivity index (χ1) is 10.8. The minimum absolute atomic E-state index is 0.252. The average molecular weight is 380 g/mol. The molecule has 1 amide bonds. The molecule has 1 aromatic carbocycles. The maximum atomic E-state index is 12.2. The zero-order valence-corrected chi connectivity index (χ0v) is 15.4. The molecule has 2 rings (SSSR count). The third kappa shape index (κ3) is 4.87. The van der Waals surface area contributed by atoms with Gasteiger partial charge in [-0.3, -0.25) is 0 Å². The quantitative estimate of drug-likeness (QED) is 0.744. The highest BCUT2D eigenvalue weighted by atomic mass is 79.9. The monoisotopic (exact) mass is 379 g/mol. The van der Waals surface area contributed by atoms with Crippen LogP contribution in [0.25, 0.3) is 0 Å². The molecule has 0 bridgehead atoms. The SMILES string of the molecule is CC(C)(C)OC(=O)N1CCCN(c2ccc(C#N)cc2Br)CC1. The summed E-state index contributed by atoms with van der Waals surface area (Å²) in [6, 6.07) is 7.73. The number of amides is 1. The van der Waals surface area contributed by atoms with Gasteiger partial charge in [-0.1, -0.05) is 0 Å². The minimum Gasteiger partial charge on any atom is -0.444 e. The van der Waals surface area contributed by atoms with E-state index in [0.717, 1.165) is 29.7 Å². The lowest BCUT2D eigenvalue weighted by Gasteiger charge is -2.27. The highest BCUT2D eigenvalue weighted by Crippen LogP contribution is 2.28. The second kappa shape index (κ2) is 7.22. The third-order valence-corrected chi connectivity index (χ3v) is 4.20. The maximum Gasteiger partial charge on any atom is 0.410 e. The summed E-state index contributed by atoms with van der Waals surface area (Å²) in [5, 5.41) is 8.95. The number of anilines is 1. The third-order valence-electron chi connectivity index (χ3n) is 3.57. The van der Waals surface area contributed by atoms with E-state index in [1.807, 2.05) is 39.0 Å². The minimum atomic E-state index is -0.473. The molecule has 1 aromatic rings. The lowest BCUT2D eigenvalue weighted by atomic mass is 10.2. The number of hydrogen-bond donors (Lipinski definition) is 0. The van der Waals surface area contributed by atoms with Gasteiger partial charge in [0.05, 0.1) is 17.3 Å². The Hall–Kier alpha value is -1.74. The molecule has 0 atom stereocenters. The number of carbonyl (C=O) groups is 1. The van der Waals surface area contributed by atoms with Crippen molar-refractivity contribution in [2.45, 2.75) is 32.8 Å². The van der Waals surface area contributed by atoms with Crippen LogP contribution in [0.5, 0.6) is 0 Å². The first-order valence-corrected chi connectivity index (χ1v) is 8.52. The fourth-order valence-electron chi connectivity index (χ4n) is 2.50. The van der Waals surface area contributed by atoms with Gasteiger partial charge in [-0.25, -0.2) is 4.79 Å². The molecule has 5 nitrogen and oxygen atoms in total. The Morgan fingerprint density at radius 1 is 1.26 bits per heavy atom. The van der Waals surface area contributed by atoms with Gasteiger partial charge in [-0.05, 0) is 61.3 Å². The van der Waals surface area contributed by atoms with Crippen LogP contribution in [0, 0.1) is 11.3 Å². The first-order valence-electron chi connectivity index (χ1n) is 7.73. The van der Waals surface area contributed by atoms with E-state index in [1.54, 1.807) is 4.90 Å². The molecule has 0 spiro atoms. The van der Waals surface area contributed by atoms with Crippen LogP contribution in [-0.4, -0.2) is 42.8 Å². The Kier molecular flexibility index (Phi) is 5.53. The summed E-state index contributed by atoms with van der Waals surface area (Å²) in [5.41, 5.74) is 1.21. The van der Waals surface area contributed by atoms with Crippen LogP contribution in [0.3, 0.4) is 0 Å². The van der Waals surface area contributed by atoms with Crippen molar-refractivity contribution in [1.29, 1.82) is 5.26 Å². The van der Waals surface area contributed by atoms with Gasteiger partial charge < -0.3 is 14.5 Å². The van der Waals surface area contributed by atoms with Crippen molar-refractivity contribution < 1.29 is 9.53 Å². The van der Waals surface area contributed by atoms with Crippen molar-refractivity contribution in [3.8, 4) is 6.07 Å². The molecule has 124 valence electrons. The van der Waals surface area contributed by atoms with Crippen molar-refractivity contribution in [2.75, 3.05) is 31.1 Å². The molecule has 0 saturated carbocycles. The van der Waals surface area contributed by atoms with E-state index >= 15 is 0 Å². The molecular weight excluding hydrogens is 358 g/mol. The van der Waals surface area contributed by atoms with E-state index < -0.39 is 5.60 Å². The standard InChI is InChI=1S/C17H22BrN3O2/c1-17(2,3)23-16(22)21-8-4-7-20(9-10-21)15-6-5-13(12-19)11-14(15)18/h5-6,11H,4,7-10H2,1-3H3. The fourth-order valence-corrected chi connectivity index (χ4v) is 3.13. The average Bonchev–Trinajstić information content (AvgIpc) is 2.71. The van der Waals surface area contributed by atoms with E-state index in [1.165, 1.54) is 0 Å². The van der Waals surface area contributed by atoms with Crippen LogP contribution >= 0.6 is 15.9 Å². The number of ether oxygens (including phenoxy) is 1. The van der Waals surface area contributed by atoms with Crippen LogP contribution in [0.1, 0.15) is 32.8 Å². The van der Waals surface area contributed by atoms with E-state index in [0.29, 0.717) is 18.7 Å². The van der Waals surface area contributed by atoms with Gasteiger partial charge >= 0.3 is 6.09 Å². The molecule has 0 radical (unpaired) electrons. The van der Waals surface area contributed by atoms with Crippen LogP contribution in [0.2, 0.25) is 0 Å². The Morgan fingerprint density at radius 2 is 2.00 bits per heavy atom. The van der Waals surface area contributed by atoms with Crippen LogP contribution in [0.4, 0.5) is 10.5 Å². The van der Waals surface area contributed by atoms with Crippen molar-refractivity contribution in [1.82, 2.24) is 4.90 Å². The van der Waals surface area contributed by atoms with Crippen LogP contribution < -0.4 is 4.90 Å². The van der Waals surface area contributed by atoms with Gasteiger partial charge in [-0.15, -0.1) is 0 Å². The highest BCUT2D eigenvalue weighted by Gasteiger charge is 2.25. The van der Waals surface area contributed by atoms with Crippen LogP contribution in [-0.2, 0) is 4.74 Å². The largest absolute Gasteiger partial charge is 0.444 e. The second-order valence-electron chi connectivity index (χ2n) is 6.59. The molecule has 1 aliphatic heterocycles. The number of benzene rings is 1. The smallest absolute Gasteiger partial charge is 0.410 e. The predicted molar refractivity (Wildman–Crippen MR) is 93.5 cm³/mol. The molecule has 1 fully saturated rings. The Morgan fingerprint density at radius 3 is 2.61 bits per heavy atom. The number of carbonyl (C=O) groups excluding carboxylic acids is 1. The second-order valence-corrected chi connectivity index (χ2v) is 7.44. The lowest BCUT2D eigenvalue weighted by Crippen LogP contribution is -2.39. The lowest BCUT2D eigenvalue weighted by molar-refractivity contribution is 0.0263. The zero-order valence-electron chi connectivity index (χ0n) is 13.8. The Bertz CT molecular complexity index is 619. The zero-order chi connectivity index (χ0) is 17.0. The van der Waals surface area contributed by atoms with E-state index in [-0.39, 0.29) is 6.09 Å². The summed E-state index contributed by atoms with van der Waals surface area (Å²) in [6.45, 7) is 8.56. The molecule has 0 aliphatic carbocycles. The summed E-state index contributed by atoms with van der Waals surface area (Å²) in [4.78, 5) is 16.2. The number of nitriles is 1. The van der Waals surface area contributed by atoms with E-state index in [4.69, 9.17) is 10.00 Å². The van der Waals surface area contributed by atoms with E-state index in [9.17, 15) is 4.79 Å². The molecule has 1 aliphatic rings. The summed E-state index contributed by atoms with van der Waals surface area (Å²) >= 11 is 3.53. The Balaban J connectivity index is 2.04. The van der Waals surface area contributed by atoms with Crippen molar-refractivity contribution >= 4 is 27.7 Å². The van der Waals surface area contributed by atoms with Gasteiger partial charge in [0.15, 0.2) is 0 Å². The first kappa shape index (κ1) is 17.6. The van der Waals surface area contributed by atoms with Crippen molar-refractivity contribution in [2.24, 2.45) is 0 Å². The summed E-state index contributed by atoms with van der Waals surface area (Å²) in [6.07, 6.45) is 0.629. The topological polar surface area (TPSA) is 56.6 Å². The van der Waals surface area contributed by atoms with E-state index in [2.05, 4.69) is 26.9 Å². The van der Waals surface area contributed by atoms with Crippen LogP contribution in [0.15, 0.2) is 22.7 Å². The highest BCUT2D eigenvalue weighted by molar-refractivity contribution is 9.10. The van der Waals surface area contributed by atoms with Gasteiger partial charge in [-0.2, -0.15) is 5.26 Å². The number of rotatable bonds is 1. The van der Waals surface area contributed by atoms with Gasteiger partial charge in [0.2, 0.25) is 0 Å². The number of hydrogen-bond acceptors (Lipinski definition) is 4. The molecule has 6 heteroatoms. The maximum absolute atomic E-state index is 12.2. The normalized spacial score (nSPS) is 15.8. The van der Waals surface area contributed by atoms with Crippen molar-refractivity contribution in [3.63, 3.8) is 0 Å². The molecular formula is C17H22BrN3O2. The van der Waals surface area contributed by atoms with Gasteiger partial charge in [0.1, 0.15) is 5.60 Å². The number of nitrogens with zero attached hydrogens (tertiary/aromatic N) is 3. The molecule has 0 N–H and O–H groups in total. The molecule has 23 heavy (non-hydrogen) atoms.